The molecular formula is C17H18F3N3O3. The number of hydrogen-bond acceptors (Lipinski definition) is 3. The number of para-hydroxylation sites is 1. The summed E-state index contributed by atoms with van der Waals surface area (Å²) in [6.07, 6.45) is -4.02. The molecule has 26 heavy (non-hydrogen) atoms. The van der Waals surface area contributed by atoms with Crippen LogP contribution in [-0.4, -0.2) is 59.5 Å². The van der Waals surface area contributed by atoms with Gasteiger partial charge in [-0.2, -0.15) is 13.2 Å². The molecule has 6 nitrogen and oxygen atoms in total. The Morgan fingerprint density at radius 2 is 1.92 bits per heavy atom. The van der Waals surface area contributed by atoms with E-state index in [1.165, 1.54) is 9.80 Å². The van der Waals surface area contributed by atoms with Gasteiger partial charge in [0.05, 0.1) is 11.3 Å². The lowest BCUT2D eigenvalue weighted by Crippen LogP contribution is -2.64. The summed E-state index contributed by atoms with van der Waals surface area (Å²) < 4.78 is 37.6. The minimum atomic E-state index is -4.53. The smallest absolute Gasteiger partial charge is 0.335 e. The molecule has 1 aromatic carbocycles. The fourth-order valence-corrected chi connectivity index (χ4v) is 3.55. The Morgan fingerprint density at radius 3 is 2.58 bits per heavy atom. The molecule has 0 N–H and O–H groups in total. The van der Waals surface area contributed by atoms with Crippen molar-refractivity contribution in [1.82, 2.24) is 9.80 Å². The second kappa shape index (κ2) is 6.00. The maximum Gasteiger partial charge on any atom is 0.406 e. The third kappa shape index (κ3) is 2.91. The van der Waals surface area contributed by atoms with Gasteiger partial charge >= 0.3 is 6.18 Å². The van der Waals surface area contributed by atoms with Crippen LogP contribution in [0.5, 0.6) is 0 Å². The molecule has 9 heteroatoms. The summed E-state index contributed by atoms with van der Waals surface area (Å²) in [5.41, 5.74) is -0.349. The molecular weight excluding hydrogens is 351 g/mol. The van der Waals surface area contributed by atoms with Gasteiger partial charge in [-0.3, -0.25) is 19.3 Å². The SMILES string of the molecule is CN(CC(F)(F)F)C(=O)CN1C(=O)c2ccccc2N2C(=O)CC[C@@]12C. The lowest BCUT2D eigenvalue weighted by atomic mass is 9.98. The van der Waals surface area contributed by atoms with E-state index in [2.05, 4.69) is 0 Å². The highest BCUT2D eigenvalue weighted by atomic mass is 19.4. The number of fused-ring (bicyclic) bond motifs is 3. The van der Waals surface area contributed by atoms with Gasteiger partial charge in [0.25, 0.3) is 5.91 Å². The number of rotatable bonds is 3. The van der Waals surface area contributed by atoms with Crippen LogP contribution >= 0.6 is 0 Å². The van der Waals surface area contributed by atoms with Crippen LogP contribution < -0.4 is 4.90 Å². The van der Waals surface area contributed by atoms with E-state index in [9.17, 15) is 27.6 Å². The summed E-state index contributed by atoms with van der Waals surface area (Å²) in [6.45, 7) is -0.271. The molecule has 140 valence electrons. The maximum atomic E-state index is 12.9. The zero-order chi connectivity index (χ0) is 19.3. The zero-order valence-corrected chi connectivity index (χ0v) is 14.3. The van der Waals surface area contributed by atoms with E-state index in [4.69, 9.17) is 0 Å². The van der Waals surface area contributed by atoms with Gasteiger partial charge in [-0.15, -0.1) is 0 Å². The molecule has 0 spiro atoms. The van der Waals surface area contributed by atoms with Crippen molar-refractivity contribution in [3.05, 3.63) is 29.8 Å². The number of halogens is 3. The van der Waals surface area contributed by atoms with Crippen molar-refractivity contribution in [2.75, 3.05) is 25.0 Å². The fraction of sp³-hybridized carbons (Fsp3) is 0.471. The van der Waals surface area contributed by atoms with Crippen LogP contribution in [0, 0.1) is 0 Å². The number of anilines is 1. The first-order chi connectivity index (χ1) is 12.0. The lowest BCUT2D eigenvalue weighted by Gasteiger charge is -2.48. The van der Waals surface area contributed by atoms with Crippen molar-refractivity contribution in [3.63, 3.8) is 0 Å². The average Bonchev–Trinajstić information content (AvgIpc) is 2.86. The van der Waals surface area contributed by atoms with Crippen LogP contribution in [0.2, 0.25) is 0 Å². The van der Waals surface area contributed by atoms with E-state index < -0.39 is 36.7 Å². The zero-order valence-electron chi connectivity index (χ0n) is 14.3. The molecule has 1 saturated heterocycles. The molecule has 0 bridgehead atoms. The first kappa shape index (κ1) is 18.2. The number of hydrogen-bond donors (Lipinski definition) is 0. The van der Waals surface area contributed by atoms with Gasteiger partial charge in [-0.05, 0) is 25.5 Å². The molecule has 1 aromatic rings. The minimum absolute atomic E-state index is 0.187. The fourth-order valence-electron chi connectivity index (χ4n) is 3.55. The van der Waals surface area contributed by atoms with Gasteiger partial charge in [-0.25, -0.2) is 0 Å². The summed E-state index contributed by atoms with van der Waals surface area (Å²) in [7, 11) is 1.04. The monoisotopic (exact) mass is 369 g/mol. The Bertz CT molecular complexity index is 780. The lowest BCUT2D eigenvalue weighted by molar-refractivity contribution is -0.159. The van der Waals surface area contributed by atoms with Crippen molar-refractivity contribution in [2.24, 2.45) is 0 Å². The van der Waals surface area contributed by atoms with E-state index in [1.807, 2.05) is 0 Å². The Morgan fingerprint density at radius 1 is 1.27 bits per heavy atom. The number of likely N-dealkylation sites (N-methyl/N-ethyl adjacent to an activating group) is 1. The number of carbonyl (C=O) groups is 3. The van der Waals surface area contributed by atoms with Gasteiger partial charge in [-0.1, -0.05) is 12.1 Å². The van der Waals surface area contributed by atoms with Crippen LogP contribution in [0.15, 0.2) is 24.3 Å². The third-order valence-corrected chi connectivity index (χ3v) is 4.88. The van der Waals surface area contributed by atoms with Gasteiger partial charge in [0.2, 0.25) is 11.8 Å². The van der Waals surface area contributed by atoms with E-state index in [1.54, 1.807) is 31.2 Å². The highest BCUT2D eigenvalue weighted by Gasteiger charge is 2.53. The molecule has 0 aromatic heterocycles. The number of nitrogens with zero attached hydrogens (tertiary/aromatic N) is 3. The van der Waals surface area contributed by atoms with E-state index >= 15 is 0 Å². The van der Waals surface area contributed by atoms with Crippen molar-refractivity contribution >= 4 is 23.4 Å². The van der Waals surface area contributed by atoms with Gasteiger partial charge in [0.15, 0.2) is 0 Å². The van der Waals surface area contributed by atoms with Crippen LogP contribution in [0.3, 0.4) is 0 Å². The van der Waals surface area contributed by atoms with E-state index in [0.29, 0.717) is 17.0 Å². The van der Waals surface area contributed by atoms with Crippen molar-refractivity contribution in [2.45, 2.75) is 31.6 Å². The highest BCUT2D eigenvalue weighted by Crippen LogP contribution is 2.43. The predicted octanol–water partition coefficient (Wildman–Crippen LogP) is 2.01. The molecule has 3 amide bonds. The van der Waals surface area contributed by atoms with Gasteiger partial charge in [0, 0.05) is 13.5 Å². The normalized spacial score (nSPS) is 22.3. The number of benzene rings is 1. The Labute approximate surface area is 148 Å². The molecule has 2 aliphatic rings. The molecule has 3 rings (SSSR count). The highest BCUT2D eigenvalue weighted by molar-refractivity contribution is 6.11. The minimum Gasteiger partial charge on any atom is -0.335 e. The predicted molar refractivity (Wildman–Crippen MR) is 86.3 cm³/mol. The molecule has 2 aliphatic heterocycles. The van der Waals surface area contributed by atoms with Crippen molar-refractivity contribution in [3.8, 4) is 0 Å². The molecule has 1 fully saturated rings. The van der Waals surface area contributed by atoms with Crippen molar-refractivity contribution < 1.29 is 27.6 Å². The van der Waals surface area contributed by atoms with Gasteiger partial charge in [0.1, 0.15) is 18.8 Å². The average molecular weight is 369 g/mol. The number of amides is 3. The summed E-state index contributed by atoms with van der Waals surface area (Å²) >= 11 is 0. The number of carbonyl (C=O) groups excluding carboxylic acids is 3. The Kier molecular flexibility index (Phi) is 4.20. The first-order valence-corrected chi connectivity index (χ1v) is 8.09. The molecule has 0 aliphatic carbocycles. The summed E-state index contributed by atoms with van der Waals surface area (Å²) in [5, 5.41) is 0. The number of alkyl halides is 3. The van der Waals surface area contributed by atoms with Crippen LogP contribution in [0.1, 0.15) is 30.1 Å². The molecule has 2 heterocycles. The third-order valence-electron chi connectivity index (χ3n) is 4.88. The van der Waals surface area contributed by atoms with Crippen LogP contribution in [0.25, 0.3) is 0 Å². The Balaban J connectivity index is 1.93. The maximum absolute atomic E-state index is 12.9. The summed E-state index contributed by atoms with van der Waals surface area (Å²) in [4.78, 5) is 40.8. The quantitative estimate of drug-likeness (QED) is 0.819. The van der Waals surface area contributed by atoms with Crippen molar-refractivity contribution in [1.29, 1.82) is 0 Å². The topological polar surface area (TPSA) is 60.9 Å². The molecule has 1 atom stereocenters. The second-order valence-electron chi connectivity index (χ2n) is 6.72. The van der Waals surface area contributed by atoms with E-state index in [0.717, 1.165) is 7.05 Å². The largest absolute Gasteiger partial charge is 0.406 e. The van der Waals surface area contributed by atoms with E-state index in [-0.39, 0.29) is 17.9 Å². The summed E-state index contributed by atoms with van der Waals surface area (Å²) in [6, 6.07) is 6.54. The Hall–Kier alpha value is -2.58. The molecule has 0 saturated carbocycles. The molecule has 0 radical (unpaired) electrons. The van der Waals surface area contributed by atoms with Gasteiger partial charge < -0.3 is 9.80 Å². The molecule has 0 unspecified atom stereocenters. The summed E-state index contributed by atoms with van der Waals surface area (Å²) in [5.74, 6) is -1.49. The van der Waals surface area contributed by atoms with Crippen LogP contribution in [0.4, 0.5) is 18.9 Å². The standard InChI is InChI=1S/C17H18F3N3O3/c1-16-8-7-13(24)23(16)12-6-4-3-5-11(12)15(26)22(16)9-14(25)21(2)10-17(18,19)20/h3-6H,7-10H2,1-2H3/t16-/m0/s1. The first-order valence-electron chi connectivity index (χ1n) is 8.09. The second-order valence-corrected chi connectivity index (χ2v) is 6.72. The van der Waals surface area contributed by atoms with Crippen LogP contribution in [-0.2, 0) is 9.59 Å².